The van der Waals surface area contributed by atoms with Gasteiger partial charge in [-0.3, -0.25) is 4.79 Å². The number of carboxylic acid groups (broad SMARTS) is 1. The molecule has 0 fully saturated rings. The Bertz CT molecular complexity index is 514. The Kier molecular flexibility index (Phi) is 3.23. The molecule has 4 heteroatoms. The Balaban J connectivity index is 2.21. The number of aromatic nitrogens is 2. The van der Waals surface area contributed by atoms with Crippen LogP contribution >= 0.6 is 0 Å². The molecule has 0 unspecified atom stereocenters. The van der Waals surface area contributed by atoms with Crippen molar-refractivity contribution in [1.82, 2.24) is 9.55 Å². The maximum Gasteiger partial charge on any atom is 0.323 e. The first-order valence-corrected chi connectivity index (χ1v) is 5.52. The Morgan fingerprint density at radius 2 is 2.06 bits per heavy atom. The van der Waals surface area contributed by atoms with E-state index in [0.717, 1.165) is 17.7 Å². The normalized spacial score (nSPS) is 10.4. The number of nitrogens with zero attached hydrogens (tertiary/aromatic N) is 2. The number of hydrogen-bond acceptors (Lipinski definition) is 2. The third-order valence-corrected chi connectivity index (χ3v) is 2.61. The van der Waals surface area contributed by atoms with Crippen molar-refractivity contribution in [2.24, 2.45) is 0 Å². The van der Waals surface area contributed by atoms with Gasteiger partial charge in [-0.05, 0) is 12.0 Å². The predicted molar refractivity (Wildman–Crippen MR) is 64.7 cm³/mol. The molecule has 2 rings (SSSR count). The average molecular weight is 230 g/mol. The van der Waals surface area contributed by atoms with Crippen LogP contribution in [-0.4, -0.2) is 20.6 Å². The summed E-state index contributed by atoms with van der Waals surface area (Å²) in [5.41, 5.74) is 3.08. The van der Waals surface area contributed by atoms with Gasteiger partial charge in [-0.2, -0.15) is 0 Å². The van der Waals surface area contributed by atoms with E-state index in [4.69, 9.17) is 5.11 Å². The number of carboxylic acids is 1. The highest BCUT2D eigenvalue weighted by molar-refractivity contribution is 5.67. The molecule has 0 aliphatic carbocycles. The summed E-state index contributed by atoms with van der Waals surface area (Å²) in [7, 11) is 0. The second-order valence-corrected chi connectivity index (χ2v) is 3.88. The van der Waals surface area contributed by atoms with Crippen LogP contribution in [0, 0.1) is 0 Å². The van der Waals surface area contributed by atoms with Crippen molar-refractivity contribution in [3.8, 4) is 11.3 Å². The van der Waals surface area contributed by atoms with E-state index < -0.39 is 5.97 Å². The van der Waals surface area contributed by atoms with Gasteiger partial charge in [-0.1, -0.05) is 31.2 Å². The highest BCUT2D eigenvalue weighted by Crippen LogP contribution is 2.17. The third kappa shape index (κ3) is 2.72. The van der Waals surface area contributed by atoms with Crippen molar-refractivity contribution >= 4 is 5.97 Å². The quantitative estimate of drug-likeness (QED) is 0.876. The first-order chi connectivity index (χ1) is 8.19. The standard InChI is InChI=1S/C13H14N2O2/c1-2-10-3-5-11(6-4-10)12-7-15(9-14-12)8-13(16)17/h3-7,9H,2,8H2,1H3,(H,16,17). The van der Waals surface area contributed by atoms with E-state index >= 15 is 0 Å². The van der Waals surface area contributed by atoms with Gasteiger partial charge in [0.2, 0.25) is 0 Å². The summed E-state index contributed by atoms with van der Waals surface area (Å²) in [5.74, 6) is -0.865. The number of imidazole rings is 1. The molecule has 1 aromatic carbocycles. The second kappa shape index (κ2) is 4.82. The van der Waals surface area contributed by atoms with Gasteiger partial charge in [-0.25, -0.2) is 4.98 Å². The van der Waals surface area contributed by atoms with E-state index in [9.17, 15) is 4.79 Å². The number of carbonyl (C=O) groups is 1. The van der Waals surface area contributed by atoms with Crippen molar-refractivity contribution in [3.63, 3.8) is 0 Å². The molecule has 17 heavy (non-hydrogen) atoms. The number of aryl methyl sites for hydroxylation is 1. The first-order valence-electron chi connectivity index (χ1n) is 5.52. The van der Waals surface area contributed by atoms with Crippen LogP contribution in [0.2, 0.25) is 0 Å². The second-order valence-electron chi connectivity index (χ2n) is 3.88. The summed E-state index contributed by atoms with van der Waals surface area (Å²) in [4.78, 5) is 14.7. The van der Waals surface area contributed by atoms with E-state index in [1.165, 1.54) is 11.9 Å². The van der Waals surface area contributed by atoms with Crippen LogP contribution in [-0.2, 0) is 17.8 Å². The fourth-order valence-electron chi connectivity index (χ4n) is 1.66. The van der Waals surface area contributed by atoms with Crippen LogP contribution in [0.3, 0.4) is 0 Å². The maximum absolute atomic E-state index is 10.5. The molecule has 0 saturated heterocycles. The maximum atomic E-state index is 10.5. The largest absolute Gasteiger partial charge is 0.480 e. The van der Waals surface area contributed by atoms with Crippen molar-refractivity contribution < 1.29 is 9.90 Å². The fourth-order valence-corrected chi connectivity index (χ4v) is 1.66. The third-order valence-electron chi connectivity index (χ3n) is 2.61. The predicted octanol–water partition coefficient (Wildman–Crippen LogP) is 2.20. The molecule has 1 N–H and O–H groups in total. The number of rotatable bonds is 4. The zero-order valence-electron chi connectivity index (χ0n) is 9.63. The fraction of sp³-hybridized carbons (Fsp3) is 0.231. The summed E-state index contributed by atoms with van der Waals surface area (Å²) in [6.07, 6.45) is 4.29. The van der Waals surface area contributed by atoms with E-state index in [1.807, 2.05) is 12.1 Å². The van der Waals surface area contributed by atoms with E-state index in [1.54, 1.807) is 10.8 Å². The smallest absolute Gasteiger partial charge is 0.323 e. The molecule has 2 aromatic rings. The molecule has 0 amide bonds. The van der Waals surface area contributed by atoms with Gasteiger partial charge >= 0.3 is 5.97 Å². The lowest BCUT2D eigenvalue weighted by Crippen LogP contribution is -2.06. The molecular weight excluding hydrogens is 216 g/mol. The van der Waals surface area contributed by atoms with Gasteiger partial charge in [-0.15, -0.1) is 0 Å². The Labute approximate surface area is 99.5 Å². The molecule has 0 saturated carbocycles. The zero-order valence-corrected chi connectivity index (χ0v) is 9.63. The lowest BCUT2D eigenvalue weighted by molar-refractivity contribution is -0.137. The van der Waals surface area contributed by atoms with Crippen LogP contribution in [0.5, 0.6) is 0 Å². The highest BCUT2D eigenvalue weighted by Gasteiger charge is 2.04. The Hall–Kier alpha value is -2.10. The van der Waals surface area contributed by atoms with Gasteiger partial charge in [0.25, 0.3) is 0 Å². The average Bonchev–Trinajstić information content (AvgIpc) is 2.77. The molecule has 1 heterocycles. The van der Waals surface area contributed by atoms with Crippen molar-refractivity contribution in [1.29, 1.82) is 0 Å². The van der Waals surface area contributed by atoms with E-state index in [2.05, 4.69) is 24.0 Å². The molecule has 0 atom stereocenters. The number of aliphatic carboxylic acids is 1. The molecule has 0 aliphatic heterocycles. The summed E-state index contributed by atoms with van der Waals surface area (Å²) < 4.78 is 1.56. The van der Waals surface area contributed by atoms with E-state index in [0.29, 0.717) is 0 Å². The summed E-state index contributed by atoms with van der Waals surface area (Å²) in [6.45, 7) is 2.05. The van der Waals surface area contributed by atoms with Crippen LogP contribution in [0.25, 0.3) is 11.3 Å². The van der Waals surface area contributed by atoms with Crippen molar-refractivity contribution in [2.75, 3.05) is 0 Å². The van der Waals surface area contributed by atoms with Gasteiger partial charge in [0, 0.05) is 11.8 Å². The summed E-state index contributed by atoms with van der Waals surface area (Å²) in [5, 5.41) is 8.67. The molecule has 0 aliphatic rings. The van der Waals surface area contributed by atoms with Crippen LogP contribution < -0.4 is 0 Å². The van der Waals surface area contributed by atoms with Crippen molar-refractivity contribution in [2.45, 2.75) is 19.9 Å². The molecule has 88 valence electrons. The van der Waals surface area contributed by atoms with Crippen LogP contribution in [0.15, 0.2) is 36.8 Å². The molecule has 0 spiro atoms. The van der Waals surface area contributed by atoms with Gasteiger partial charge in [0.15, 0.2) is 0 Å². The topological polar surface area (TPSA) is 55.1 Å². The lowest BCUT2D eigenvalue weighted by atomic mass is 10.1. The van der Waals surface area contributed by atoms with Gasteiger partial charge < -0.3 is 9.67 Å². The molecule has 0 radical (unpaired) electrons. The Morgan fingerprint density at radius 1 is 1.35 bits per heavy atom. The van der Waals surface area contributed by atoms with Crippen LogP contribution in [0.1, 0.15) is 12.5 Å². The SMILES string of the molecule is CCc1ccc(-c2cn(CC(=O)O)cn2)cc1. The molecular formula is C13H14N2O2. The summed E-state index contributed by atoms with van der Waals surface area (Å²) >= 11 is 0. The molecule has 1 aromatic heterocycles. The van der Waals surface area contributed by atoms with Crippen LogP contribution in [0.4, 0.5) is 0 Å². The highest BCUT2D eigenvalue weighted by atomic mass is 16.4. The van der Waals surface area contributed by atoms with Gasteiger partial charge in [0.05, 0.1) is 12.0 Å². The van der Waals surface area contributed by atoms with E-state index in [-0.39, 0.29) is 6.54 Å². The minimum Gasteiger partial charge on any atom is -0.480 e. The zero-order chi connectivity index (χ0) is 12.3. The monoisotopic (exact) mass is 230 g/mol. The molecule has 4 nitrogen and oxygen atoms in total. The first kappa shape index (κ1) is 11.4. The minimum absolute atomic E-state index is 0.0555. The lowest BCUT2D eigenvalue weighted by Gasteiger charge is -1.99. The van der Waals surface area contributed by atoms with Crippen molar-refractivity contribution in [3.05, 3.63) is 42.4 Å². The Morgan fingerprint density at radius 3 is 2.65 bits per heavy atom. The molecule has 0 bridgehead atoms. The minimum atomic E-state index is -0.865. The number of hydrogen-bond donors (Lipinski definition) is 1. The number of benzene rings is 1. The summed E-state index contributed by atoms with van der Waals surface area (Å²) in [6, 6.07) is 8.13. The van der Waals surface area contributed by atoms with Gasteiger partial charge in [0.1, 0.15) is 6.54 Å².